The lowest BCUT2D eigenvalue weighted by molar-refractivity contribution is 0.288. The highest BCUT2D eigenvalue weighted by atomic mass is 19.1. The lowest BCUT2D eigenvalue weighted by Crippen LogP contribution is -2.30. The number of nitrogens with zero attached hydrogens (tertiary/aromatic N) is 3. The van der Waals surface area contributed by atoms with Gasteiger partial charge in [-0.3, -0.25) is 10.1 Å². The molecule has 1 aromatic carbocycles. The van der Waals surface area contributed by atoms with E-state index in [1.54, 1.807) is 6.20 Å². The van der Waals surface area contributed by atoms with Crippen molar-refractivity contribution in [1.29, 1.82) is 0 Å². The number of rotatable bonds is 7. The van der Waals surface area contributed by atoms with Crippen LogP contribution in [0.15, 0.2) is 55.0 Å². The van der Waals surface area contributed by atoms with E-state index in [0.29, 0.717) is 6.54 Å². The standard InChI is InChI=1S/C19H22FN5/c1-25(2)18(14-5-7-17(20)8-6-14)13-22-11-16-12-23-24-19(16)15-4-3-9-21-10-15/h3-10,12,18,22H,11,13H2,1-2H3,(H,23,24)/t18-/m1/s1. The molecule has 3 aromatic rings. The first kappa shape index (κ1) is 17.3. The summed E-state index contributed by atoms with van der Waals surface area (Å²) in [5, 5.41) is 10.7. The van der Waals surface area contributed by atoms with Crippen molar-refractivity contribution in [2.45, 2.75) is 12.6 Å². The summed E-state index contributed by atoms with van der Waals surface area (Å²) in [4.78, 5) is 6.28. The zero-order valence-electron chi connectivity index (χ0n) is 14.4. The summed E-state index contributed by atoms with van der Waals surface area (Å²) in [6.45, 7) is 1.43. The minimum absolute atomic E-state index is 0.161. The second-order valence-electron chi connectivity index (χ2n) is 6.17. The molecule has 2 heterocycles. The Bertz CT molecular complexity index is 783. The van der Waals surface area contributed by atoms with Gasteiger partial charge in [-0.15, -0.1) is 0 Å². The van der Waals surface area contributed by atoms with Crippen LogP contribution in [-0.4, -0.2) is 40.7 Å². The summed E-state index contributed by atoms with van der Waals surface area (Å²) >= 11 is 0. The van der Waals surface area contributed by atoms with Gasteiger partial charge in [0.2, 0.25) is 0 Å². The van der Waals surface area contributed by atoms with E-state index in [-0.39, 0.29) is 11.9 Å². The molecule has 2 N–H and O–H groups in total. The SMILES string of the molecule is CN(C)[C@H](CNCc1cn[nH]c1-c1cccnc1)c1ccc(F)cc1. The van der Waals surface area contributed by atoms with Gasteiger partial charge in [0.25, 0.3) is 0 Å². The maximum Gasteiger partial charge on any atom is 0.123 e. The van der Waals surface area contributed by atoms with Crippen LogP contribution in [-0.2, 0) is 6.54 Å². The first-order valence-corrected chi connectivity index (χ1v) is 8.20. The fourth-order valence-electron chi connectivity index (χ4n) is 2.83. The highest BCUT2D eigenvalue weighted by molar-refractivity contribution is 5.61. The largest absolute Gasteiger partial charge is 0.311 e. The minimum Gasteiger partial charge on any atom is -0.311 e. The Balaban J connectivity index is 1.66. The molecule has 3 rings (SSSR count). The van der Waals surface area contributed by atoms with Crippen molar-refractivity contribution in [2.24, 2.45) is 0 Å². The molecule has 5 nitrogen and oxygen atoms in total. The summed E-state index contributed by atoms with van der Waals surface area (Å²) in [5.41, 5.74) is 4.16. The van der Waals surface area contributed by atoms with Crippen LogP contribution in [0.4, 0.5) is 4.39 Å². The Morgan fingerprint density at radius 3 is 2.64 bits per heavy atom. The van der Waals surface area contributed by atoms with Gasteiger partial charge in [0.15, 0.2) is 0 Å². The monoisotopic (exact) mass is 339 g/mol. The van der Waals surface area contributed by atoms with Crippen LogP contribution in [0.5, 0.6) is 0 Å². The normalized spacial score (nSPS) is 12.5. The fourth-order valence-corrected chi connectivity index (χ4v) is 2.83. The Kier molecular flexibility index (Phi) is 5.53. The Morgan fingerprint density at radius 2 is 1.96 bits per heavy atom. The number of hydrogen-bond acceptors (Lipinski definition) is 4. The van der Waals surface area contributed by atoms with Gasteiger partial charge in [-0.1, -0.05) is 12.1 Å². The van der Waals surface area contributed by atoms with Crippen LogP contribution in [0, 0.1) is 5.82 Å². The fraction of sp³-hybridized carbons (Fsp3) is 0.263. The molecule has 1 atom stereocenters. The van der Waals surface area contributed by atoms with Crippen LogP contribution < -0.4 is 5.32 Å². The van der Waals surface area contributed by atoms with E-state index in [1.807, 2.05) is 50.8 Å². The summed E-state index contributed by atoms with van der Waals surface area (Å²) in [7, 11) is 4.04. The topological polar surface area (TPSA) is 56.8 Å². The summed E-state index contributed by atoms with van der Waals surface area (Å²) in [6, 6.07) is 10.7. The second kappa shape index (κ2) is 8.00. The van der Waals surface area contributed by atoms with E-state index in [4.69, 9.17) is 0 Å². The lowest BCUT2D eigenvalue weighted by atomic mass is 10.1. The lowest BCUT2D eigenvalue weighted by Gasteiger charge is -2.25. The Labute approximate surface area is 146 Å². The molecule has 0 unspecified atom stereocenters. The molecule has 2 aromatic heterocycles. The average Bonchev–Trinajstić information content (AvgIpc) is 3.09. The molecule has 0 saturated heterocycles. The number of aromatic amines is 1. The van der Waals surface area contributed by atoms with Crippen LogP contribution >= 0.6 is 0 Å². The van der Waals surface area contributed by atoms with E-state index in [2.05, 4.69) is 25.4 Å². The minimum atomic E-state index is -0.214. The molecule has 0 aliphatic rings. The average molecular weight is 339 g/mol. The quantitative estimate of drug-likeness (QED) is 0.695. The molecule has 130 valence electrons. The third kappa shape index (κ3) is 4.29. The molecule has 0 bridgehead atoms. The number of hydrogen-bond donors (Lipinski definition) is 2. The molecule has 0 spiro atoms. The van der Waals surface area contributed by atoms with Gasteiger partial charge in [0.1, 0.15) is 5.82 Å². The van der Waals surface area contributed by atoms with Crippen molar-refractivity contribution in [3.63, 3.8) is 0 Å². The van der Waals surface area contributed by atoms with Crippen molar-refractivity contribution >= 4 is 0 Å². The van der Waals surface area contributed by atoms with Crippen molar-refractivity contribution in [2.75, 3.05) is 20.6 Å². The number of benzene rings is 1. The zero-order chi connectivity index (χ0) is 17.6. The van der Waals surface area contributed by atoms with Crippen LogP contribution in [0.25, 0.3) is 11.3 Å². The molecular formula is C19H22FN5. The van der Waals surface area contributed by atoms with Crippen molar-refractivity contribution < 1.29 is 4.39 Å². The smallest absolute Gasteiger partial charge is 0.123 e. The highest BCUT2D eigenvalue weighted by Gasteiger charge is 2.14. The number of halogens is 1. The van der Waals surface area contributed by atoms with Crippen molar-refractivity contribution in [3.05, 3.63) is 71.9 Å². The number of pyridine rings is 1. The summed E-state index contributed by atoms with van der Waals surface area (Å²) < 4.78 is 13.1. The van der Waals surface area contributed by atoms with E-state index in [9.17, 15) is 4.39 Å². The van der Waals surface area contributed by atoms with Gasteiger partial charge in [0.05, 0.1) is 11.9 Å². The molecule has 25 heavy (non-hydrogen) atoms. The first-order chi connectivity index (χ1) is 12.1. The molecule has 0 amide bonds. The maximum absolute atomic E-state index is 13.1. The second-order valence-corrected chi connectivity index (χ2v) is 6.17. The van der Waals surface area contributed by atoms with E-state index in [1.165, 1.54) is 12.1 Å². The number of nitrogens with one attached hydrogen (secondary N) is 2. The summed E-state index contributed by atoms with van der Waals surface area (Å²) in [5.74, 6) is -0.214. The molecule has 0 radical (unpaired) electrons. The molecule has 0 aliphatic carbocycles. The molecular weight excluding hydrogens is 317 g/mol. The molecule has 0 saturated carbocycles. The third-order valence-electron chi connectivity index (χ3n) is 4.20. The van der Waals surface area contributed by atoms with E-state index >= 15 is 0 Å². The van der Waals surface area contributed by atoms with Gasteiger partial charge in [-0.05, 0) is 43.9 Å². The van der Waals surface area contributed by atoms with Crippen LogP contribution in [0.2, 0.25) is 0 Å². The highest BCUT2D eigenvalue weighted by Crippen LogP contribution is 2.21. The molecule has 0 aliphatic heterocycles. The number of H-pyrrole nitrogens is 1. The van der Waals surface area contributed by atoms with Gasteiger partial charge < -0.3 is 10.2 Å². The van der Waals surface area contributed by atoms with E-state index < -0.39 is 0 Å². The Hall–Kier alpha value is -2.57. The predicted molar refractivity (Wildman–Crippen MR) is 96.4 cm³/mol. The molecule has 6 heteroatoms. The zero-order valence-corrected chi connectivity index (χ0v) is 14.4. The van der Waals surface area contributed by atoms with Gasteiger partial charge >= 0.3 is 0 Å². The maximum atomic E-state index is 13.1. The number of likely N-dealkylation sites (N-methyl/N-ethyl adjacent to an activating group) is 1. The van der Waals surface area contributed by atoms with Crippen LogP contribution in [0.1, 0.15) is 17.2 Å². The summed E-state index contributed by atoms with van der Waals surface area (Å²) in [6.07, 6.45) is 5.40. The van der Waals surface area contributed by atoms with Crippen molar-refractivity contribution in [1.82, 2.24) is 25.4 Å². The van der Waals surface area contributed by atoms with Gasteiger partial charge in [-0.25, -0.2) is 4.39 Å². The van der Waals surface area contributed by atoms with Gasteiger partial charge in [0, 0.05) is 42.7 Å². The number of aromatic nitrogens is 3. The van der Waals surface area contributed by atoms with E-state index in [0.717, 1.165) is 28.9 Å². The predicted octanol–water partition coefficient (Wildman–Crippen LogP) is 3.00. The first-order valence-electron chi connectivity index (χ1n) is 8.20. The van der Waals surface area contributed by atoms with Crippen molar-refractivity contribution in [3.8, 4) is 11.3 Å². The third-order valence-corrected chi connectivity index (χ3v) is 4.20. The Morgan fingerprint density at radius 1 is 1.16 bits per heavy atom. The van der Waals surface area contributed by atoms with Gasteiger partial charge in [-0.2, -0.15) is 5.10 Å². The molecule has 0 fully saturated rings. The van der Waals surface area contributed by atoms with Crippen LogP contribution in [0.3, 0.4) is 0 Å².